The number of carbonyl (C=O) groups excluding carboxylic acids is 7. The van der Waals surface area contributed by atoms with E-state index in [-0.39, 0.29) is 139 Å². The van der Waals surface area contributed by atoms with Crippen molar-refractivity contribution in [1.29, 1.82) is 0 Å². The molecular formula is C116H193N11O12S. The van der Waals surface area contributed by atoms with Gasteiger partial charge < -0.3 is 29.9 Å². The zero-order chi connectivity index (χ0) is 97.8. The van der Waals surface area contributed by atoms with Gasteiger partial charge in [-0.3, -0.25) is 38.4 Å². The highest BCUT2D eigenvalue weighted by Gasteiger charge is 2.23. The average molecular weight is 1970 g/mol. The van der Waals surface area contributed by atoms with Crippen molar-refractivity contribution in [3.05, 3.63) is 257 Å². The van der Waals surface area contributed by atoms with Crippen molar-refractivity contribution >= 4 is 74.2 Å². The van der Waals surface area contributed by atoms with E-state index in [9.17, 15) is 46.8 Å². The molecule has 2 aromatic heterocycles. The molecule has 24 heteroatoms. The van der Waals surface area contributed by atoms with Crippen molar-refractivity contribution in [3.63, 3.8) is 0 Å². The number of aromatic amines is 1. The molecular weight excluding hydrogens is 1770 g/mol. The number of sulfone groups is 1. The maximum atomic E-state index is 11.9. The molecule has 140 heavy (non-hydrogen) atoms. The molecule has 0 unspecified atom stereocenters. The Hall–Kier alpha value is -11.7. The molecule has 11 rings (SSSR count). The molecule has 0 atom stereocenters. The van der Waals surface area contributed by atoms with E-state index in [1.54, 1.807) is 77.3 Å². The van der Waals surface area contributed by atoms with E-state index in [1.807, 2.05) is 180 Å². The molecule has 2 saturated heterocycles. The van der Waals surface area contributed by atoms with Crippen molar-refractivity contribution in [3.8, 4) is 11.4 Å². The van der Waals surface area contributed by atoms with Crippen LogP contribution in [0.25, 0.3) is 16.2 Å². The predicted molar refractivity (Wildman–Crippen MR) is 598 cm³/mol. The van der Waals surface area contributed by atoms with Gasteiger partial charge in [0.15, 0.2) is 27.1 Å². The predicted octanol–water partition coefficient (Wildman–Crippen LogP) is 30.1. The van der Waals surface area contributed by atoms with Crippen molar-refractivity contribution in [2.75, 3.05) is 61.8 Å². The Bertz CT molecular complexity index is 4640. The van der Waals surface area contributed by atoms with Gasteiger partial charge in [-0.15, -0.1) is 10.2 Å². The van der Waals surface area contributed by atoms with E-state index >= 15 is 0 Å². The number of carbonyl (C=O) groups is 8. The van der Waals surface area contributed by atoms with Crippen molar-refractivity contribution in [2.24, 2.45) is 29.6 Å². The maximum Gasteiger partial charge on any atom is 0.308 e. The summed E-state index contributed by atoms with van der Waals surface area (Å²) >= 11 is 0. The molecule has 4 heterocycles. The van der Waals surface area contributed by atoms with E-state index in [2.05, 4.69) is 168 Å². The number of carboxylic acids is 1. The number of tetrazole rings is 1. The summed E-state index contributed by atoms with van der Waals surface area (Å²) in [7, 11) is -3.00. The lowest BCUT2D eigenvalue weighted by atomic mass is 9.98. The molecule has 3 N–H and O–H groups in total. The van der Waals surface area contributed by atoms with Gasteiger partial charge in [-0.05, 0) is 140 Å². The van der Waals surface area contributed by atoms with Gasteiger partial charge in [0.2, 0.25) is 29.5 Å². The number of amides is 3. The van der Waals surface area contributed by atoms with Gasteiger partial charge in [-0.2, -0.15) is 5.21 Å². The number of hydrogen-bond acceptors (Lipinski definition) is 17. The standard InChI is InChI=1S/C14H20O.C13H20N4O.C10H13NO.C10H11N.C9H10N4.C9H17NO.C9H10O.C9H12.C8H10O2S.C6H12O2.C5H10O.C4H8O2.10CH4/c1-4-5-9-14(15)13-8-6-7-12(10-13)11(2)3;1-11(2)10-12(18)16-6-8-17(9-7-16)13-14-4-3-5-15-13;1-8(2)10(12)11-9-6-4-3-5-7-9;1-8(2)9-4-6-10(11-3)7-5-9;1-2-7-3-5-8(6-4-7)9-10-12-13-11-9;1-2-6-9(11)10-7-4-3-5-8-10;1-2-9(10)8-6-4-3-5-7-8;1-2-6-9-7-4-3-5-8-9;1-2-11(9,10)8-6-4-3-5-7-8;1-4-8-6(7)5(2)3;1-4(2)5(3)6;1-3(2)4(5)6;;;;;;;;;;/h6-8,10-11H,4-5,9H2,1-3H3;3-5,11H,6-10H2,1-2H3;3-8H,1-2H3,(H,11,12);4-8H,1-2H3;3-6H,2H2,1H3,(H,10,11,12,13);2-8H2,1H3;3-7H,2H2,1H3;3-5,7-8H,2,6H2,1H3;3-7H,2H2,1H3;5H,4H2,1-3H3;4H,1-3H3;3H,1-2H3,(H,5,6);10*1H4. The molecule has 3 amide bonds. The summed E-state index contributed by atoms with van der Waals surface area (Å²) in [6.07, 6.45) is 16.4. The van der Waals surface area contributed by atoms with Crippen molar-refractivity contribution in [2.45, 2.75) is 327 Å². The molecule has 7 aromatic carbocycles. The molecule has 2 aliphatic heterocycles. The lowest BCUT2D eigenvalue weighted by Crippen LogP contribution is -2.49. The number of aryl methyl sites for hydroxylation is 2. The molecule has 23 nitrogen and oxygen atoms in total. The number of unbranched alkanes of at least 4 members (excludes halogenated alkanes) is 1. The summed E-state index contributed by atoms with van der Waals surface area (Å²) in [6.45, 7) is 55.0. The SMILES string of the molecule is C.C.C.C.C.C.C.C.C.C.CC(=O)C(C)C.CC(C)C(=O)Nc1ccccc1.CC(C)C(=O)O.CC(C)CC(=O)N1CCN(c2ncccn2)CC1.CCC(=O)c1ccccc1.CCCC(=O)N1CCCCC1.CCCCC(=O)c1cccc(C(C)C)c1.CCCc1ccccc1.CCOC(=O)C(C)C.CCS(=O)(=O)c1ccccc1.CCc1ccc(-c2nn[nH]n2)cc1.[C-]#[N+]c1ccc(C(C)C)cc1. The van der Waals surface area contributed by atoms with Crippen LogP contribution in [0.15, 0.2) is 217 Å². The van der Waals surface area contributed by atoms with Gasteiger partial charge in [-0.1, -0.05) is 389 Å². The third-order valence-electron chi connectivity index (χ3n) is 19.4. The van der Waals surface area contributed by atoms with Gasteiger partial charge in [0, 0.05) is 112 Å². The van der Waals surface area contributed by atoms with Crippen LogP contribution in [0.1, 0.15) is 352 Å². The zero-order valence-electron chi connectivity index (χ0n) is 82.0. The Morgan fingerprint density at radius 3 is 1.36 bits per heavy atom. The largest absolute Gasteiger partial charge is 0.481 e. The van der Waals surface area contributed by atoms with Crippen LogP contribution in [0.4, 0.5) is 17.3 Å². The second-order valence-electron chi connectivity index (χ2n) is 32.9. The van der Waals surface area contributed by atoms with Crippen LogP contribution in [-0.2, 0) is 56.2 Å². The van der Waals surface area contributed by atoms with Crippen molar-refractivity contribution in [1.82, 2.24) is 40.4 Å². The number of Topliss-reactive ketones (excluding diaryl/α,β-unsaturated/α-hetero) is 3. The lowest BCUT2D eigenvalue weighted by Gasteiger charge is -2.35. The number of rotatable bonds is 25. The van der Waals surface area contributed by atoms with Crippen LogP contribution in [0.5, 0.6) is 0 Å². The first-order valence-corrected chi connectivity index (χ1v) is 47.7. The van der Waals surface area contributed by atoms with E-state index in [0.29, 0.717) is 60.3 Å². The van der Waals surface area contributed by atoms with E-state index in [4.69, 9.17) is 11.7 Å². The molecule has 0 radical (unpaired) electrons. The number of piperazine rings is 1. The number of nitrogens with one attached hydrogen (secondary N) is 2. The molecule has 0 bridgehead atoms. The second kappa shape index (κ2) is 91.1. The minimum atomic E-state index is -3.00. The number of hydrogen-bond donors (Lipinski definition) is 3. The fraction of sp³-hybridized carbons (Fsp3) is 0.517. The summed E-state index contributed by atoms with van der Waals surface area (Å²) in [4.78, 5) is 106. The van der Waals surface area contributed by atoms with E-state index in [0.717, 1.165) is 105 Å². The number of likely N-dealkylation sites (tertiary alicyclic amines) is 1. The number of anilines is 2. The number of ether oxygens (including phenoxy) is 1. The highest BCUT2D eigenvalue weighted by molar-refractivity contribution is 7.91. The first-order valence-electron chi connectivity index (χ1n) is 46.1. The van der Waals surface area contributed by atoms with Crippen molar-refractivity contribution < 1.29 is 56.6 Å². The van der Waals surface area contributed by atoms with E-state index in [1.165, 1.54) is 54.4 Å². The molecule has 0 spiro atoms. The lowest BCUT2D eigenvalue weighted by molar-refractivity contribution is -0.146. The number of benzene rings is 7. The van der Waals surface area contributed by atoms with Gasteiger partial charge in [0.25, 0.3) is 0 Å². The van der Waals surface area contributed by atoms with Crippen LogP contribution < -0.4 is 10.2 Å². The number of aromatic nitrogens is 6. The summed E-state index contributed by atoms with van der Waals surface area (Å²) < 4.78 is 27.1. The Kier molecular flexibility index (Phi) is 98.3. The van der Waals surface area contributed by atoms with Gasteiger partial charge in [0.05, 0.1) is 35.7 Å². The minimum absolute atomic E-state index is 0. The van der Waals surface area contributed by atoms with Crippen LogP contribution in [0.3, 0.4) is 0 Å². The fourth-order valence-corrected chi connectivity index (χ4v) is 11.8. The zero-order valence-corrected chi connectivity index (χ0v) is 82.8. The highest BCUT2D eigenvalue weighted by Crippen LogP contribution is 2.21. The topological polar surface area (TPSA) is 307 Å². The first-order chi connectivity index (χ1) is 61.9. The molecule has 2 fully saturated rings. The number of ketones is 3. The number of carboxylic acid groups (broad SMARTS) is 1. The molecule has 9 aromatic rings. The van der Waals surface area contributed by atoms with Gasteiger partial charge >= 0.3 is 11.9 Å². The third kappa shape index (κ3) is 70.8. The Balaban J connectivity index is -0.000000145. The Morgan fingerprint density at radius 2 is 0.971 bits per heavy atom. The van der Waals surface area contributed by atoms with Crippen LogP contribution in [-0.4, -0.2) is 153 Å². The number of nitrogens with zero attached hydrogens (tertiary/aromatic N) is 9. The van der Waals surface area contributed by atoms with Crippen LogP contribution >= 0.6 is 0 Å². The molecule has 0 aliphatic carbocycles. The number of H-pyrrole nitrogens is 1. The number of piperidine rings is 1. The smallest absolute Gasteiger partial charge is 0.308 e. The number of esters is 1. The second-order valence-corrected chi connectivity index (χ2v) is 35.2. The Labute approximate surface area is 853 Å². The van der Waals surface area contributed by atoms with Gasteiger partial charge in [-0.25, -0.2) is 23.2 Å². The number of aliphatic carboxylic acids is 1. The van der Waals surface area contributed by atoms with Gasteiger partial charge in [0.1, 0.15) is 5.78 Å². The summed E-state index contributed by atoms with van der Waals surface area (Å²) in [6, 6.07) is 63.6. The fourth-order valence-electron chi connectivity index (χ4n) is 10.9. The van der Waals surface area contributed by atoms with Crippen LogP contribution in [0, 0.1) is 36.2 Å². The summed E-state index contributed by atoms with van der Waals surface area (Å²) in [5.41, 5.74) is 9.54. The number of para-hydroxylation sites is 1. The molecule has 790 valence electrons. The minimum Gasteiger partial charge on any atom is -0.481 e. The quantitative estimate of drug-likeness (QED) is 0.0272. The summed E-state index contributed by atoms with van der Waals surface area (Å²) in [5, 5.41) is 24.5. The average Bonchev–Trinajstić information content (AvgIpc) is 1.46. The normalized spacial score (nSPS) is 10.7. The summed E-state index contributed by atoms with van der Waals surface area (Å²) in [5.74, 6) is 3.61. The Morgan fingerprint density at radius 1 is 0.493 bits per heavy atom. The highest BCUT2D eigenvalue weighted by atomic mass is 32.2. The van der Waals surface area contributed by atoms with E-state index < -0.39 is 15.8 Å². The molecule has 0 saturated carbocycles. The third-order valence-corrected chi connectivity index (χ3v) is 21.2. The van der Waals surface area contributed by atoms with Crippen LogP contribution in [0.2, 0.25) is 0 Å². The maximum absolute atomic E-state index is 11.9. The monoisotopic (exact) mass is 1960 g/mol. The first kappa shape index (κ1) is 151. The molecule has 2 aliphatic rings.